The molecule has 0 spiro atoms. The summed E-state index contributed by atoms with van der Waals surface area (Å²) in [5.41, 5.74) is 0. The molecule has 0 bridgehead atoms. The Labute approximate surface area is 90.7 Å². The zero-order chi connectivity index (χ0) is 10.7. The van der Waals surface area contributed by atoms with Crippen LogP contribution in [0.2, 0.25) is 0 Å². The fourth-order valence-electron chi connectivity index (χ4n) is 1.99. The SMILES string of the molecule is CC(C)Cn1cnnc1C1CCCCO1. The number of hydrogen-bond acceptors (Lipinski definition) is 3. The second-order valence-electron chi connectivity index (χ2n) is 4.59. The van der Waals surface area contributed by atoms with Crippen molar-refractivity contribution >= 4 is 0 Å². The highest BCUT2D eigenvalue weighted by Gasteiger charge is 2.21. The molecule has 0 radical (unpaired) electrons. The lowest BCUT2D eigenvalue weighted by atomic mass is 10.1. The summed E-state index contributed by atoms with van der Waals surface area (Å²) < 4.78 is 7.85. The molecule has 1 saturated heterocycles. The molecule has 2 heterocycles. The van der Waals surface area contributed by atoms with Crippen LogP contribution in [0.3, 0.4) is 0 Å². The number of nitrogens with zero attached hydrogens (tertiary/aromatic N) is 3. The maximum Gasteiger partial charge on any atom is 0.162 e. The van der Waals surface area contributed by atoms with E-state index < -0.39 is 0 Å². The van der Waals surface area contributed by atoms with Crippen LogP contribution < -0.4 is 0 Å². The van der Waals surface area contributed by atoms with Crippen molar-refractivity contribution in [2.45, 2.75) is 45.8 Å². The van der Waals surface area contributed by atoms with Gasteiger partial charge in [0.15, 0.2) is 5.82 Å². The Morgan fingerprint density at radius 3 is 3.07 bits per heavy atom. The summed E-state index contributed by atoms with van der Waals surface area (Å²) in [5.74, 6) is 1.62. The maximum absolute atomic E-state index is 5.72. The highest BCUT2D eigenvalue weighted by molar-refractivity contribution is 4.93. The van der Waals surface area contributed by atoms with E-state index in [0.717, 1.165) is 25.4 Å². The first kappa shape index (κ1) is 10.6. The Kier molecular flexibility index (Phi) is 3.36. The van der Waals surface area contributed by atoms with Crippen molar-refractivity contribution in [3.63, 3.8) is 0 Å². The van der Waals surface area contributed by atoms with E-state index >= 15 is 0 Å². The molecule has 15 heavy (non-hydrogen) atoms. The van der Waals surface area contributed by atoms with Gasteiger partial charge in [-0.25, -0.2) is 0 Å². The molecule has 1 atom stereocenters. The van der Waals surface area contributed by atoms with Gasteiger partial charge in [-0.05, 0) is 25.2 Å². The quantitative estimate of drug-likeness (QED) is 0.766. The molecule has 0 amide bonds. The van der Waals surface area contributed by atoms with Crippen LogP contribution >= 0.6 is 0 Å². The largest absolute Gasteiger partial charge is 0.370 e. The van der Waals surface area contributed by atoms with Gasteiger partial charge in [-0.1, -0.05) is 13.8 Å². The fraction of sp³-hybridized carbons (Fsp3) is 0.818. The molecule has 0 aliphatic carbocycles. The Bertz CT molecular complexity index is 303. The van der Waals surface area contributed by atoms with Gasteiger partial charge in [-0.3, -0.25) is 0 Å². The first-order valence-corrected chi connectivity index (χ1v) is 5.76. The van der Waals surface area contributed by atoms with Crippen LogP contribution in [0.25, 0.3) is 0 Å². The molecule has 1 aromatic heterocycles. The summed E-state index contributed by atoms with van der Waals surface area (Å²) >= 11 is 0. The molecule has 2 rings (SSSR count). The van der Waals surface area contributed by atoms with Crippen molar-refractivity contribution in [2.24, 2.45) is 5.92 Å². The Morgan fingerprint density at radius 1 is 1.53 bits per heavy atom. The normalized spacial score (nSPS) is 22.2. The lowest BCUT2D eigenvalue weighted by Crippen LogP contribution is -2.17. The maximum atomic E-state index is 5.72. The zero-order valence-electron chi connectivity index (χ0n) is 9.52. The standard InChI is InChI=1S/C11H19N3O/c1-9(2)7-14-8-12-13-11(14)10-5-3-4-6-15-10/h8-10H,3-7H2,1-2H3. The smallest absolute Gasteiger partial charge is 0.162 e. The van der Waals surface area contributed by atoms with Crippen molar-refractivity contribution in [2.75, 3.05) is 6.61 Å². The highest BCUT2D eigenvalue weighted by Crippen LogP contribution is 2.26. The van der Waals surface area contributed by atoms with Crippen LogP contribution in [0.4, 0.5) is 0 Å². The lowest BCUT2D eigenvalue weighted by molar-refractivity contribution is 0.00683. The summed E-state index contributed by atoms with van der Waals surface area (Å²) in [6.07, 6.45) is 5.47. The monoisotopic (exact) mass is 209 g/mol. The van der Waals surface area contributed by atoms with E-state index in [0.29, 0.717) is 5.92 Å². The zero-order valence-corrected chi connectivity index (χ0v) is 9.52. The molecule has 0 saturated carbocycles. The van der Waals surface area contributed by atoms with E-state index in [-0.39, 0.29) is 6.10 Å². The van der Waals surface area contributed by atoms with E-state index in [2.05, 4.69) is 28.6 Å². The summed E-state index contributed by atoms with van der Waals surface area (Å²) in [5, 5.41) is 8.16. The van der Waals surface area contributed by atoms with Gasteiger partial charge in [0.25, 0.3) is 0 Å². The molecule has 84 valence electrons. The van der Waals surface area contributed by atoms with E-state index in [9.17, 15) is 0 Å². The molecular weight excluding hydrogens is 190 g/mol. The summed E-state index contributed by atoms with van der Waals surface area (Å²) in [6, 6.07) is 0. The topological polar surface area (TPSA) is 39.9 Å². The summed E-state index contributed by atoms with van der Waals surface area (Å²) in [6.45, 7) is 6.23. The number of aromatic nitrogens is 3. The van der Waals surface area contributed by atoms with Gasteiger partial charge < -0.3 is 9.30 Å². The van der Waals surface area contributed by atoms with Crippen LogP contribution in [0.5, 0.6) is 0 Å². The minimum absolute atomic E-state index is 0.167. The highest BCUT2D eigenvalue weighted by atomic mass is 16.5. The van der Waals surface area contributed by atoms with Crippen LogP contribution in [0.1, 0.15) is 45.0 Å². The van der Waals surface area contributed by atoms with Gasteiger partial charge in [0.2, 0.25) is 0 Å². The van der Waals surface area contributed by atoms with Crippen molar-refractivity contribution in [1.29, 1.82) is 0 Å². The molecule has 1 aromatic rings. The Hall–Kier alpha value is -0.900. The van der Waals surface area contributed by atoms with Gasteiger partial charge in [0, 0.05) is 13.2 Å². The molecule has 1 unspecified atom stereocenters. The third-order valence-electron chi connectivity index (χ3n) is 2.67. The predicted octanol–water partition coefficient (Wildman–Crippen LogP) is 2.18. The Balaban J connectivity index is 2.09. The molecule has 0 N–H and O–H groups in total. The van der Waals surface area contributed by atoms with E-state index in [1.165, 1.54) is 12.8 Å². The van der Waals surface area contributed by atoms with Gasteiger partial charge in [-0.2, -0.15) is 0 Å². The van der Waals surface area contributed by atoms with Crippen molar-refractivity contribution in [3.8, 4) is 0 Å². The van der Waals surface area contributed by atoms with Gasteiger partial charge in [0.05, 0.1) is 0 Å². The molecule has 4 heteroatoms. The fourth-order valence-corrected chi connectivity index (χ4v) is 1.99. The predicted molar refractivity (Wildman–Crippen MR) is 57.4 cm³/mol. The first-order valence-electron chi connectivity index (χ1n) is 5.76. The van der Waals surface area contributed by atoms with Crippen molar-refractivity contribution in [1.82, 2.24) is 14.8 Å². The molecule has 1 aliphatic rings. The lowest BCUT2D eigenvalue weighted by Gasteiger charge is -2.22. The van der Waals surface area contributed by atoms with Crippen LogP contribution in [0, 0.1) is 5.92 Å². The number of hydrogen-bond donors (Lipinski definition) is 0. The minimum atomic E-state index is 0.167. The van der Waals surface area contributed by atoms with E-state index in [1.807, 2.05) is 6.33 Å². The van der Waals surface area contributed by atoms with Gasteiger partial charge >= 0.3 is 0 Å². The molecule has 4 nitrogen and oxygen atoms in total. The van der Waals surface area contributed by atoms with Crippen molar-refractivity contribution < 1.29 is 4.74 Å². The third-order valence-corrected chi connectivity index (χ3v) is 2.67. The summed E-state index contributed by atoms with van der Waals surface area (Å²) in [4.78, 5) is 0. The first-order chi connectivity index (χ1) is 7.27. The second kappa shape index (κ2) is 4.75. The number of rotatable bonds is 3. The minimum Gasteiger partial charge on any atom is -0.370 e. The average Bonchev–Trinajstić information content (AvgIpc) is 2.66. The molecular formula is C11H19N3O. The van der Waals surface area contributed by atoms with Crippen molar-refractivity contribution in [3.05, 3.63) is 12.2 Å². The average molecular weight is 209 g/mol. The van der Waals surface area contributed by atoms with Gasteiger partial charge in [0.1, 0.15) is 12.4 Å². The van der Waals surface area contributed by atoms with Crippen LogP contribution in [0.15, 0.2) is 6.33 Å². The molecule has 1 aliphatic heterocycles. The Morgan fingerprint density at radius 2 is 2.40 bits per heavy atom. The third kappa shape index (κ3) is 2.56. The van der Waals surface area contributed by atoms with Gasteiger partial charge in [-0.15, -0.1) is 10.2 Å². The number of ether oxygens (including phenoxy) is 1. The van der Waals surface area contributed by atoms with Crippen LogP contribution in [-0.2, 0) is 11.3 Å². The van der Waals surface area contributed by atoms with Crippen LogP contribution in [-0.4, -0.2) is 21.4 Å². The second-order valence-corrected chi connectivity index (χ2v) is 4.59. The molecule has 0 aromatic carbocycles. The van der Waals surface area contributed by atoms with E-state index in [1.54, 1.807) is 0 Å². The molecule has 1 fully saturated rings. The van der Waals surface area contributed by atoms with E-state index in [4.69, 9.17) is 4.74 Å². The summed E-state index contributed by atoms with van der Waals surface area (Å²) in [7, 11) is 0.